The van der Waals surface area contributed by atoms with Gasteiger partial charge in [-0.05, 0) is 47.9 Å². The van der Waals surface area contributed by atoms with Crippen LogP contribution in [0.4, 0.5) is 0 Å². The van der Waals surface area contributed by atoms with E-state index in [4.69, 9.17) is 4.74 Å². The van der Waals surface area contributed by atoms with Gasteiger partial charge in [0.25, 0.3) is 5.91 Å². The molecule has 1 amide bonds. The van der Waals surface area contributed by atoms with Crippen LogP contribution in [0.15, 0.2) is 59.6 Å². The number of hydrogen-bond acceptors (Lipinski definition) is 7. The Morgan fingerprint density at radius 1 is 1.06 bits per heavy atom. The predicted octanol–water partition coefficient (Wildman–Crippen LogP) is 2.94. The number of fused-ring (bicyclic) bond motifs is 8. The fraction of sp³-hybridized carbons (Fsp3) is 0.407. The molecule has 1 saturated heterocycles. The quantitative estimate of drug-likeness (QED) is 0.610. The van der Waals surface area contributed by atoms with E-state index in [2.05, 4.69) is 41.4 Å². The summed E-state index contributed by atoms with van der Waals surface area (Å²) in [6, 6.07) is 13.5. The monoisotopic (exact) mass is 489 g/mol. The van der Waals surface area contributed by atoms with Gasteiger partial charge in [-0.1, -0.05) is 30.3 Å². The standard InChI is InChI=1S/C27H27N3O4S/c31-20-9-11-29-25(26(20)32)27(33)28-10-8-16-12-18(16)13-34-21-6-3-4-17-14-35-22-7-2-1-5-19(22)24(23(17)21)30(29)15-28/h1-7,9,11,16,18,24-26,32H,8,10,12-15H2/t16-,18+,24+,25?,26?/m1/s1. The molecule has 7 rings (SSSR count). The molecule has 6 atom stereocenters. The minimum atomic E-state index is -1.39. The number of hydrogen-bond donors (Lipinski definition) is 1. The Bertz CT molecular complexity index is 1250. The SMILES string of the molecule is O=C1C=CN2C(C(=O)N3CC[C@@H]4C[C@H]4COc4cccc5c4[C@H](c4ccccc4SC5)N2C3)C1O. The Morgan fingerprint density at radius 3 is 2.86 bits per heavy atom. The molecule has 1 N–H and O–H groups in total. The van der Waals surface area contributed by atoms with Crippen LogP contribution in [0.25, 0.3) is 0 Å². The first-order valence-corrected chi connectivity index (χ1v) is 13.3. The minimum Gasteiger partial charge on any atom is -0.493 e. The van der Waals surface area contributed by atoms with Gasteiger partial charge in [-0.15, -0.1) is 11.8 Å². The molecule has 2 aromatic rings. The number of hydrazine groups is 1. The second-order valence-electron chi connectivity index (χ2n) is 10.1. The van der Waals surface area contributed by atoms with Crippen molar-refractivity contribution >= 4 is 23.5 Å². The van der Waals surface area contributed by atoms with Gasteiger partial charge in [0.15, 0.2) is 11.8 Å². The second-order valence-corrected chi connectivity index (χ2v) is 11.1. The van der Waals surface area contributed by atoms with Crippen LogP contribution in [-0.4, -0.2) is 63.7 Å². The molecule has 180 valence electrons. The number of thioether (sulfide) groups is 1. The third-order valence-electron chi connectivity index (χ3n) is 8.06. The molecule has 8 heteroatoms. The zero-order valence-corrected chi connectivity index (χ0v) is 20.1. The van der Waals surface area contributed by atoms with Gasteiger partial charge in [-0.3, -0.25) is 14.6 Å². The molecule has 1 saturated carbocycles. The number of amides is 1. The highest BCUT2D eigenvalue weighted by atomic mass is 32.2. The molecular formula is C27H27N3O4S. The van der Waals surface area contributed by atoms with E-state index in [1.807, 2.05) is 22.7 Å². The first-order valence-electron chi connectivity index (χ1n) is 12.3. The fourth-order valence-electron chi connectivity index (χ4n) is 6.03. The van der Waals surface area contributed by atoms with Crippen LogP contribution >= 0.6 is 11.8 Å². The van der Waals surface area contributed by atoms with E-state index in [-0.39, 0.29) is 11.9 Å². The molecule has 5 aliphatic rings. The molecule has 2 aromatic carbocycles. The molecular weight excluding hydrogens is 462 g/mol. The van der Waals surface area contributed by atoms with Crippen LogP contribution in [0.5, 0.6) is 5.75 Å². The topological polar surface area (TPSA) is 73.3 Å². The summed E-state index contributed by atoms with van der Waals surface area (Å²) in [5.74, 6) is 2.15. The maximum Gasteiger partial charge on any atom is 0.251 e. The van der Waals surface area contributed by atoms with Crippen molar-refractivity contribution in [2.45, 2.75) is 41.7 Å². The Morgan fingerprint density at radius 2 is 1.94 bits per heavy atom. The molecule has 35 heavy (non-hydrogen) atoms. The van der Waals surface area contributed by atoms with Gasteiger partial charge < -0.3 is 14.7 Å². The van der Waals surface area contributed by atoms with Crippen molar-refractivity contribution in [2.24, 2.45) is 11.8 Å². The lowest BCUT2D eigenvalue weighted by molar-refractivity contribution is -0.185. The summed E-state index contributed by atoms with van der Waals surface area (Å²) in [6.45, 7) is 1.69. The molecule has 3 unspecified atom stereocenters. The number of aliphatic hydroxyl groups is 1. The lowest BCUT2D eigenvalue weighted by atomic mass is 9.92. The van der Waals surface area contributed by atoms with Crippen molar-refractivity contribution in [2.75, 3.05) is 19.8 Å². The third kappa shape index (κ3) is 3.42. The van der Waals surface area contributed by atoms with Gasteiger partial charge in [0.05, 0.1) is 19.3 Å². The zero-order chi connectivity index (χ0) is 23.7. The summed E-state index contributed by atoms with van der Waals surface area (Å²) in [4.78, 5) is 29.1. The molecule has 4 aliphatic heterocycles. The molecule has 7 nitrogen and oxygen atoms in total. The molecule has 0 spiro atoms. The summed E-state index contributed by atoms with van der Waals surface area (Å²) >= 11 is 1.81. The lowest BCUT2D eigenvalue weighted by Gasteiger charge is -2.52. The summed E-state index contributed by atoms with van der Waals surface area (Å²) in [5, 5.41) is 14.8. The van der Waals surface area contributed by atoms with Crippen molar-refractivity contribution in [3.63, 3.8) is 0 Å². The molecule has 0 radical (unpaired) electrons. The number of ether oxygens (including phenoxy) is 1. The van der Waals surface area contributed by atoms with E-state index >= 15 is 0 Å². The van der Waals surface area contributed by atoms with Crippen LogP contribution < -0.4 is 4.74 Å². The van der Waals surface area contributed by atoms with Crippen LogP contribution in [0.3, 0.4) is 0 Å². The number of nitrogens with zero attached hydrogens (tertiary/aromatic N) is 3. The fourth-order valence-corrected chi connectivity index (χ4v) is 7.12. The van der Waals surface area contributed by atoms with Gasteiger partial charge in [0, 0.05) is 35.0 Å². The average Bonchev–Trinajstić information content (AvgIpc) is 3.65. The van der Waals surface area contributed by atoms with Gasteiger partial charge in [-0.2, -0.15) is 5.01 Å². The minimum absolute atomic E-state index is 0.179. The van der Waals surface area contributed by atoms with E-state index < -0.39 is 17.9 Å². The Labute approximate surface area is 208 Å². The highest BCUT2D eigenvalue weighted by molar-refractivity contribution is 7.98. The number of benzene rings is 2. The van der Waals surface area contributed by atoms with Crippen LogP contribution in [0.1, 0.15) is 35.6 Å². The smallest absolute Gasteiger partial charge is 0.251 e. The molecule has 2 fully saturated rings. The molecule has 4 heterocycles. The summed E-state index contributed by atoms with van der Waals surface area (Å²) in [7, 11) is 0. The van der Waals surface area contributed by atoms with E-state index in [9.17, 15) is 14.7 Å². The Hall–Kier alpha value is -2.81. The summed E-state index contributed by atoms with van der Waals surface area (Å²) < 4.78 is 6.51. The van der Waals surface area contributed by atoms with Crippen molar-refractivity contribution in [3.8, 4) is 5.75 Å². The summed E-state index contributed by atoms with van der Waals surface area (Å²) in [6.07, 6.45) is 3.68. The largest absolute Gasteiger partial charge is 0.493 e. The van der Waals surface area contributed by atoms with Crippen molar-refractivity contribution in [1.29, 1.82) is 0 Å². The predicted molar refractivity (Wildman–Crippen MR) is 130 cm³/mol. The number of rotatable bonds is 0. The van der Waals surface area contributed by atoms with Crippen molar-refractivity contribution < 1.29 is 19.4 Å². The Balaban J connectivity index is 1.45. The number of carbonyl (C=O) groups is 2. The maximum absolute atomic E-state index is 13.6. The Kier molecular flexibility index (Phi) is 4.98. The molecule has 1 aliphatic carbocycles. The molecule has 0 aromatic heterocycles. The van der Waals surface area contributed by atoms with Gasteiger partial charge in [-0.25, -0.2) is 0 Å². The lowest BCUT2D eigenvalue weighted by Crippen LogP contribution is -2.68. The first kappa shape index (κ1) is 21.5. The first-order chi connectivity index (χ1) is 17.1. The van der Waals surface area contributed by atoms with E-state index in [0.717, 1.165) is 35.5 Å². The highest BCUT2D eigenvalue weighted by Gasteiger charge is 2.50. The zero-order valence-electron chi connectivity index (χ0n) is 19.2. The van der Waals surface area contributed by atoms with Crippen LogP contribution in [-0.2, 0) is 15.3 Å². The number of ketones is 1. The van der Waals surface area contributed by atoms with Crippen LogP contribution in [0.2, 0.25) is 0 Å². The maximum atomic E-state index is 13.6. The van der Waals surface area contributed by atoms with E-state index in [1.54, 1.807) is 11.2 Å². The van der Waals surface area contributed by atoms with Gasteiger partial charge in [0.2, 0.25) is 0 Å². The third-order valence-corrected chi connectivity index (χ3v) is 9.20. The van der Waals surface area contributed by atoms with E-state index in [0.29, 0.717) is 31.7 Å². The van der Waals surface area contributed by atoms with Crippen molar-refractivity contribution in [3.05, 3.63) is 71.4 Å². The van der Waals surface area contributed by atoms with Gasteiger partial charge >= 0.3 is 0 Å². The second kappa shape index (κ2) is 8.11. The normalized spacial score (nSPS) is 33.2. The number of aliphatic hydroxyl groups excluding tert-OH is 1. The molecule has 2 bridgehead atoms. The van der Waals surface area contributed by atoms with Gasteiger partial charge in [0.1, 0.15) is 11.9 Å². The average molecular weight is 490 g/mol. The highest BCUT2D eigenvalue weighted by Crippen LogP contribution is 2.49. The van der Waals surface area contributed by atoms with Crippen molar-refractivity contribution in [1.82, 2.24) is 14.9 Å². The number of carbonyl (C=O) groups excluding carboxylic acids is 2. The van der Waals surface area contributed by atoms with E-state index in [1.165, 1.54) is 16.5 Å². The van der Waals surface area contributed by atoms with Crippen LogP contribution in [0, 0.1) is 11.8 Å². The summed E-state index contributed by atoms with van der Waals surface area (Å²) in [5.41, 5.74) is 3.45.